The molecule has 2 unspecified atom stereocenters. The van der Waals surface area contributed by atoms with Crippen molar-refractivity contribution in [2.75, 3.05) is 23.3 Å². The first-order valence-electron chi connectivity index (χ1n) is 28.5. The third-order valence-electron chi connectivity index (χ3n) is 15.5. The second-order valence-corrected chi connectivity index (χ2v) is 21.0. The lowest BCUT2D eigenvalue weighted by Gasteiger charge is -2.31. The maximum absolute atomic E-state index is 15.1. The quantitative estimate of drug-likeness (QED) is 0.0378. The molecule has 0 aromatic heterocycles. The van der Waals surface area contributed by atoms with Gasteiger partial charge in [-0.2, -0.15) is 4.58 Å². The Bertz CT molecular complexity index is 2990. The van der Waals surface area contributed by atoms with Crippen molar-refractivity contribution in [3.05, 3.63) is 195 Å². The summed E-state index contributed by atoms with van der Waals surface area (Å²) in [6.45, 7) is 18.7. The largest absolute Gasteiger partial charge is 0.506 e. The minimum absolute atomic E-state index is 0.106. The van der Waals surface area contributed by atoms with Crippen molar-refractivity contribution in [1.82, 2.24) is 5.32 Å². The van der Waals surface area contributed by atoms with Gasteiger partial charge in [0.15, 0.2) is 6.54 Å². The summed E-state index contributed by atoms with van der Waals surface area (Å²) in [5.41, 5.74) is 11.0. The number of Topliss-reactive ketones (excluding diaryl/α,β-unsaturated/α-hetero) is 1. The zero-order chi connectivity index (χ0) is 54.1. The molecule has 3 N–H and O–H groups in total. The van der Waals surface area contributed by atoms with Crippen LogP contribution in [0.2, 0.25) is 0 Å². The molecule has 0 heterocycles. The zero-order valence-electron chi connectivity index (χ0n) is 46.7. The third kappa shape index (κ3) is 13.9. The highest BCUT2D eigenvalue weighted by atomic mass is 16.3. The average molecular weight is 1020 g/mol. The summed E-state index contributed by atoms with van der Waals surface area (Å²) in [5, 5.41) is 18.8. The number of ketones is 1. The molecule has 2 aliphatic rings. The summed E-state index contributed by atoms with van der Waals surface area (Å²) in [4.78, 5) is 46.0. The molecule has 7 rings (SSSR count). The first kappa shape index (κ1) is 56.7. The standard InChI is InChI=1S/C68H82N4O4/c1-9-15-25-49(13-5)45-71(53-35-31-51(32-36-53)27-17-11-3)55-39-41-59(61(43-55)69-67(75)57-29-21-19-23-47(57)7)63-65(73)64(66(63)74)60-42-40-56(44-62(60)70-68(76)58-30-22-20-24-48(58)8)72(46-50(14-6)26-16-10-2)54-37-33-52(34-38-54)28-18-12-4/h19-24,29-44,49-50H,9-18,25-28,45-46H2,1-8H3,(H2,69,70,73,74,75,76)/p+1. The number of benzene rings is 5. The number of nitrogens with one attached hydrogen (secondary N) is 2. The van der Waals surface area contributed by atoms with Crippen LogP contribution in [-0.2, 0) is 17.6 Å². The Hall–Kier alpha value is -7.06. The van der Waals surface area contributed by atoms with Crippen molar-refractivity contribution in [3.63, 3.8) is 0 Å². The van der Waals surface area contributed by atoms with Gasteiger partial charge in [-0.3, -0.25) is 14.4 Å². The van der Waals surface area contributed by atoms with Crippen LogP contribution in [0.5, 0.6) is 0 Å². The van der Waals surface area contributed by atoms with Gasteiger partial charge in [0, 0.05) is 70.4 Å². The van der Waals surface area contributed by atoms with E-state index in [0.29, 0.717) is 45.5 Å². The summed E-state index contributed by atoms with van der Waals surface area (Å²) in [6, 6.07) is 38.4. The van der Waals surface area contributed by atoms with Crippen molar-refractivity contribution in [1.29, 1.82) is 0 Å². The number of carbonyl (C=O) groups is 3. The Balaban J connectivity index is 1.38. The van der Waals surface area contributed by atoms with Crippen LogP contribution >= 0.6 is 0 Å². The summed E-state index contributed by atoms with van der Waals surface area (Å²) in [6.07, 6.45) is 21.1. The molecule has 0 aliphatic heterocycles. The molecule has 8 heteroatoms. The van der Waals surface area contributed by atoms with Crippen molar-refractivity contribution in [2.24, 2.45) is 11.8 Å². The Labute approximate surface area is 454 Å². The second-order valence-electron chi connectivity index (χ2n) is 21.0. The van der Waals surface area contributed by atoms with Gasteiger partial charge in [-0.25, -0.2) is 0 Å². The molecule has 8 nitrogen and oxygen atoms in total. The predicted molar refractivity (Wildman–Crippen MR) is 317 cm³/mol. The Morgan fingerprint density at radius 2 is 1.14 bits per heavy atom. The van der Waals surface area contributed by atoms with Gasteiger partial charge in [-0.15, -0.1) is 0 Å². The number of carbonyl (C=O) groups excluding carboxylic acids is 3. The fraction of sp³-hybridized carbons (Fsp3) is 0.382. The van der Waals surface area contributed by atoms with Gasteiger partial charge in [0.2, 0.25) is 17.2 Å². The SMILES string of the molecule is CCCCc1ccc(N(CC(CC)CCCC)c2ccc(C3=C(O)/C(=C4/C=CC(=[N+](CC(CC)CCCC)c5ccc(CCCC)cc5)C=C4NC(=O)c4ccccc4C)C3=O)c(NC(=O)c3ccccc3C)c2)cc1. The van der Waals surface area contributed by atoms with E-state index in [4.69, 9.17) is 0 Å². The van der Waals surface area contributed by atoms with E-state index < -0.39 is 0 Å². The van der Waals surface area contributed by atoms with Gasteiger partial charge in [0.05, 0.1) is 22.5 Å². The van der Waals surface area contributed by atoms with E-state index in [1.807, 2.05) is 86.7 Å². The van der Waals surface area contributed by atoms with E-state index in [1.54, 1.807) is 12.1 Å². The molecular formula is C68H83N4O4+. The number of allylic oxidation sites excluding steroid dienone is 5. The van der Waals surface area contributed by atoms with Crippen molar-refractivity contribution in [3.8, 4) is 0 Å². The van der Waals surface area contributed by atoms with Gasteiger partial charge >= 0.3 is 0 Å². The number of aryl methyl sites for hydroxylation is 4. The van der Waals surface area contributed by atoms with E-state index in [-0.39, 0.29) is 34.5 Å². The molecule has 0 radical (unpaired) electrons. The molecule has 76 heavy (non-hydrogen) atoms. The van der Waals surface area contributed by atoms with Gasteiger partial charge in [0.25, 0.3) is 11.8 Å². The third-order valence-corrected chi connectivity index (χ3v) is 15.5. The van der Waals surface area contributed by atoms with Crippen molar-refractivity contribution < 1.29 is 24.1 Å². The first-order chi connectivity index (χ1) is 36.9. The smallest absolute Gasteiger partial charge is 0.255 e. The number of aliphatic hydroxyl groups excluding tert-OH is 1. The number of unbranched alkanes of at least 4 members (excludes halogenated alkanes) is 4. The molecule has 0 bridgehead atoms. The Kier molecular flexibility index (Phi) is 20.6. The van der Waals surface area contributed by atoms with Crippen LogP contribution in [0.3, 0.4) is 0 Å². The number of nitrogens with zero attached hydrogens (tertiary/aromatic N) is 2. The Morgan fingerprint density at radius 1 is 0.605 bits per heavy atom. The highest BCUT2D eigenvalue weighted by molar-refractivity contribution is 6.40. The minimum atomic E-state index is -0.383. The maximum atomic E-state index is 15.1. The molecule has 2 aliphatic carbocycles. The van der Waals surface area contributed by atoms with Crippen molar-refractivity contribution >= 4 is 51.6 Å². The number of hydrogen-bond donors (Lipinski definition) is 3. The lowest BCUT2D eigenvalue weighted by Crippen LogP contribution is -2.31. The van der Waals surface area contributed by atoms with E-state index in [2.05, 4.69) is 110 Å². The van der Waals surface area contributed by atoms with Crippen LogP contribution < -0.4 is 15.5 Å². The monoisotopic (exact) mass is 1020 g/mol. The molecule has 2 atom stereocenters. The highest BCUT2D eigenvalue weighted by Crippen LogP contribution is 2.44. The summed E-state index contributed by atoms with van der Waals surface area (Å²) in [7, 11) is 0. The van der Waals surface area contributed by atoms with E-state index >= 15 is 4.79 Å². The minimum Gasteiger partial charge on any atom is -0.506 e. The average Bonchev–Trinajstić information content (AvgIpc) is 3.47. The van der Waals surface area contributed by atoms with Gasteiger partial charge in [-0.05, 0) is 136 Å². The number of aliphatic hydroxyl groups is 1. The van der Waals surface area contributed by atoms with Crippen LogP contribution in [0.1, 0.15) is 167 Å². The lowest BCUT2D eigenvalue weighted by atomic mass is 9.78. The molecule has 0 fully saturated rings. The molecule has 398 valence electrons. The van der Waals surface area contributed by atoms with Crippen LogP contribution in [0.4, 0.5) is 22.7 Å². The van der Waals surface area contributed by atoms with E-state index in [9.17, 15) is 14.7 Å². The Morgan fingerprint density at radius 3 is 1.70 bits per heavy atom. The molecule has 0 saturated carbocycles. The van der Waals surface area contributed by atoms with Gasteiger partial charge < -0.3 is 20.6 Å². The normalized spacial score (nSPS) is 15.7. The molecular weight excluding hydrogens is 937 g/mol. The molecule has 5 aromatic carbocycles. The summed E-state index contributed by atoms with van der Waals surface area (Å²) >= 11 is 0. The van der Waals surface area contributed by atoms with Crippen LogP contribution in [-0.4, -0.2) is 46.1 Å². The zero-order valence-corrected chi connectivity index (χ0v) is 46.7. The predicted octanol–water partition coefficient (Wildman–Crippen LogP) is 16.6. The maximum Gasteiger partial charge on any atom is 0.255 e. The first-order valence-corrected chi connectivity index (χ1v) is 28.5. The number of rotatable bonds is 26. The number of amides is 2. The molecule has 0 spiro atoms. The van der Waals surface area contributed by atoms with Crippen LogP contribution in [0.25, 0.3) is 5.57 Å². The fourth-order valence-corrected chi connectivity index (χ4v) is 10.5. The molecule has 0 saturated heterocycles. The molecule has 5 aromatic rings. The van der Waals surface area contributed by atoms with Gasteiger partial charge in [-0.1, -0.05) is 147 Å². The highest BCUT2D eigenvalue weighted by Gasteiger charge is 2.40. The fourth-order valence-electron chi connectivity index (χ4n) is 10.5. The lowest BCUT2D eigenvalue weighted by molar-refractivity contribution is -0.448. The summed E-state index contributed by atoms with van der Waals surface area (Å²) in [5.74, 6) is -0.363. The number of anilines is 3. The van der Waals surface area contributed by atoms with E-state index in [0.717, 1.165) is 137 Å². The van der Waals surface area contributed by atoms with Crippen molar-refractivity contribution in [2.45, 2.75) is 145 Å². The van der Waals surface area contributed by atoms with Crippen LogP contribution in [0.15, 0.2) is 156 Å². The van der Waals surface area contributed by atoms with E-state index in [1.165, 1.54) is 11.1 Å². The number of hydrogen-bond acceptors (Lipinski definition) is 5. The summed E-state index contributed by atoms with van der Waals surface area (Å²) < 4.78 is 2.33. The molecule has 2 amide bonds. The second kappa shape index (κ2) is 27.6. The topological polar surface area (TPSA) is 102 Å². The van der Waals surface area contributed by atoms with Crippen LogP contribution in [0, 0.1) is 25.7 Å². The van der Waals surface area contributed by atoms with Gasteiger partial charge in [0.1, 0.15) is 5.76 Å².